The summed E-state index contributed by atoms with van der Waals surface area (Å²) in [6.07, 6.45) is 6.20. The van der Waals surface area contributed by atoms with Crippen molar-refractivity contribution < 1.29 is 9.53 Å². The lowest BCUT2D eigenvalue weighted by Crippen LogP contribution is -2.39. The van der Waals surface area contributed by atoms with Gasteiger partial charge in [0.05, 0.1) is 12.9 Å². The Morgan fingerprint density at radius 1 is 1.24 bits per heavy atom. The summed E-state index contributed by atoms with van der Waals surface area (Å²) in [7, 11) is 3.63. The Morgan fingerprint density at radius 2 is 1.90 bits per heavy atom. The van der Waals surface area contributed by atoms with E-state index >= 15 is 0 Å². The predicted molar refractivity (Wildman–Crippen MR) is 88.8 cm³/mol. The van der Waals surface area contributed by atoms with Crippen molar-refractivity contribution in [1.82, 2.24) is 4.90 Å². The summed E-state index contributed by atoms with van der Waals surface area (Å²) in [6, 6.07) is 8.51. The van der Waals surface area contributed by atoms with Crippen LogP contribution in [0.15, 0.2) is 24.3 Å². The molecule has 0 spiro atoms. The zero-order chi connectivity index (χ0) is 15.1. The fourth-order valence-electron chi connectivity index (χ4n) is 2.75. The van der Waals surface area contributed by atoms with Gasteiger partial charge in [-0.3, -0.25) is 4.79 Å². The van der Waals surface area contributed by atoms with Crippen LogP contribution in [0.4, 0.5) is 0 Å². The molecule has 1 aromatic carbocycles. The van der Waals surface area contributed by atoms with E-state index in [-0.39, 0.29) is 5.91 Å². The summed E-state index contributed by atoms with van der Waals surface area (Å²) in [5.74, 6) is 2.57. The number of carbonyl (C=O) groups excluding carboxylic acids is 1. The number of rotatable bonds is 6. The van der Waals surface area contributed by atoms with E-state index in [1.807, 2.05) is 24.1 Å². The number of carbonyl (C=O) groups is 1. The maximum Gasteiger partial charge on any atom is 0.232 e. The number of thioether (sulfide) groups is 1. The van der Waals surface area contributed by atoms with Crippen molar-refractivity contribution >= 4 is 17.7 Å². The Balaban J connectivity index is 1.72. The van der Waals surface area contributed by atoms with Crippen molar-refractivity contribution in [3.05, 3.63) is 29.8 Å². The van der Waals surface area contributed by atoms with Gasteiger partial charge in [0.2, 0.25) is 5.91 Å². The average Bonchev–Trinajstić information content (AvgIpc) is 2.55. The van der Waals surface area contributed by atoms with Crippen LogP contribution in [-0.4, -0.2) is 36.8 Å². The molecule has 0 bridgehead atoms. The van der Waals surface area contributed by atoms with Gasteiger partial charge in [-0.1, -0.05) is 31.4 Å². The fraction of sp³-hybridized carbons (Fsp3) is 0.588. The van der Waals surface area contributed by atoms with Crippen LogP contribution in [0.5, 0.6) is 5.75 Å². The van der Waals surface area contributed by atoms with Crippen molar-refractivity contribution in [2.24, 2.45) is 0 Å². The molecular weight excluding hydrogens is 282 g/mol. The van der Waals surface area contributed by atoms with E-state index in [2.05, 4.69) is 12.1 Å². The highest BCUT2D eigenvalue weighted by Gasteiger charge is 2.21. The van der Waals surface area contributed by atoms with E-state index in [0.717, 1.165) is 11.5 Å². The molecule has 1 aromatic rings. The van der Waals surface area contributed by atoms with Crippen LogP contribution in [0.2, 0.25) is 0 Å². The Morgan fingerprint density at radius 3 is 2.52 bits per heavy atom. The third-order valence-electron chi connectivity index (χ3n) is 4.17. The quantitative estimate of drug-likeness (QED) is 0.802. The molecule has 0 unspecified atom stereocenters. The number of nitrogens with zero attached hydrogens (tertiary/aromatic N) is 1. The zero-order valence-corrected chi connectivity index (χ0v) is 13.8. The van der Waals surface area contributed by atoms with E-state index in [9.17, 15) is 4.79 Å². The molecule has 0 N–H and O–H groups in total. The molecule has 0 aromatic heterocycles. The lowest BCUT2D eigenvalue weighted by Gasteiger charge is -2.31. The number of hydrogen-bond acceptors (Lipinski definition) is 3. The topological polar surface area (TPSA) is 29.5 Å². The van der Waals surface area contributed by atoms with Crippen LogP contribution in [0.25, 0.3) is 0 Å². The molecule has 1 saturated carbocycles. The number of ether oxygens (including phenoxy) is 1. The highest BCUT2D eigenvalue weighted by Crippen LogP contribution is 2.23. The van der Waals surface area contributed by atoms with Crippen LogP contribution in [-0.2, 0) is 10.5 Å². The predicted octanol–water partition coefficient (Wildman–Crippen LogP) is 3.72. The maximum atomic E-state index is 12.2. The first kappa shape index (κ1) is 16.2. The van der Waals surface area contributed by atoms with E-state index in [1.54, 1.807) is 18.9 Å². The molecule has 1 aliphatic rings. The van der Waals surface area contributed by atoms with Gasteiger partial charge in [0.25, 0.3) is 0 Å². The molecule has 0 atom stereocenters. The molecule has 0 aliphatic heterocycles. The molecule has 4 heteroatoms. The molecule has 0 saturated heterocycles. The van der Waals surface area contributed by atoms with E-state index in [0.29, 0.717) is 11.8 Å². The molecular formula is C17H25NO2S. The van der Waals surface area contributed by atoms with Gasteiger partial charge in [-0.05, 0) is 30.5 Å². The lowest BCUT2D eigenvalue weighted by molar-refractivity contribution is -0.129. The van der Waals surface area contributed by atoms with Crippen molar-refractivity contribution in [2.75, 3.05) is 19.9 Å². The molecule has 1 fully saturated rings. The van der Waals surface area contributed by atoms with Gasteiger partial charge in [-0.2, -0.15) is 0 Å². The summed E-state index contributed by atoms with van der Waals surface area (Å²) in [4.78, 5) is 14.2. The minimum Gasteiger partial charge on any atom is -0.497 e. The number of benzene rings is 1. The second-order valence-corrected chi connectivity index (χ2v) is 6.62. The van der Waals surface area contributed by atoms with Gasteiger partial charge >= 0.3 is 0 Å². The summed E-state index contributed by atoms with van der Waals surface area (Å²) >= 11 is 1.69. The smallest absolute Gasteiger partial charge is 0.232 e. The highest BCUT2D eigenvalue weighted by atomic mass is 32.2. The van der Waals surface area contributed by atoms with Gasteiger partial charge < -0.3 is 9.64 Å². The molecule has 0 heterocycles. The largest absolute Gasteiger partial charge is 0.497 e. The van der Waals surface area contributed by atoms with Crippen LogP contribution in [0.3, 0.4) is 0 Å². The number of amides is 1. The SMILES string of the molecule is COc1ccc(CSCC(=O)N(C)C2CCCCC2)cc1. The molecule has 0 radical (unpaired) electrons. The number of methoxy groups -OCH3 is 1. The Bertz CT molecular complexity index is 441. The van der Waals surface area contributed by atoms with Crippen molar-refractivity contribution in [1.29, 1.82) is 0 Å². The molecule has 1 aliphatic carbocycles. The maximum absolute atomic E-state index is 12.2. The van der Waals surface area contributed by atoms with Gasteiger partial charge in [-0.15, -0.1) is 11.8 Å². The molecule has 116 valence electrons. The van der Waals surface area contributed by atoms with Crippen LogP contribution < -0.4 is 4.74 Å². The van der Waals surface area contributed by atoms with Gasteiger partial charge in [0.1, 0.15) is 5.75 Å². The zero-order valence-electron chi connectivity index (χ0n) is 13.0. The van der Waals surface area contributed by atoms with Crippen molar-refractivity contribution in [3.63, 3.8) is 0 Å². The van der Waals surface area contributed by atoms with E-state index in [1.165, 1.54) is 37.7 Å². The van der Waals surface area contributed by atoms with Crippen LogP contribution >= 0.6 is 11.8 Å². The highest BCUT2D eigenvalue weighted by molar-refractivity contribution is 7.99. The second-order valence-electron chi connectivity index (χ2n) is 5.64. The molecule has 1 amide bonds. The van der Waals surface area contributed by atoms with Crippen LogP contribution in [0, 0.1) is 0 Å². The standard InChI is InChI=1S/C17H25NO2S/c1-18(15-6-4-3-5-7-15)17(19)13-21-12-14-8-10-16(20-2)11-9-14/h8-11,15H,3-7,12-13H2,1-2H3. The fourth-order valence-corrected chi connectivity index (χ4v) is 3.66. The monoisotopic (exact) mass is 307 g/mol. The van der Waals surface area contributed by atoms with Crippen LogP contribution in [0.1, 0.15) is 37.7 Å². The van der Waals surface area contributed by atoms with Gasteiger partial charge in [-0.25, -0.2) is 0 Å². The third kappa shape index (κ3) is 4.95. The first-order chi connectivity index (χ1) is 10.2. The summed E-state index contributed by atoms with van der Waals surface area (Å²) in [5.41, 5.74) is 1.23. The van der Waals surface area contributed by atoms with E-state index in [4.69, 9.17) is 4.74 Å². The second kappa shape index (κ2) is 8.32. The summed E-state index contributed by atoms with van der Waals surface area (Å²) < 4.78 is 5.14. The third-order valence-corrected chi connectivity index (χ3v) is 5.16. The van der Waals surface area contributed by atoms with Crippen molar-refractivity contribution in [2.45, 2.75) is 43.9 Å². The molecule has 3 nitrogen and oxygen atoms in total. The minimum absolute atomic E-state index is 0.264. The molecule has 21 heavy (non-hydrogen) atoms. The Labute approximate surface area is 132 Å². The van der Waals surface area contributed by atoms with E-state index < -0.39 is 0 Å². The first-order valence-corrected chi connectivity index (χ1v) is 8.82. The Kier molecular flexibility index (Phi) is 6.43. The van der Waals surface area contributed by atoms with Gasteiger partial charge in [0, 0.05) is 18.8 Å². The average molecular weight is 307 g/mol. The minimum atomic E-state index is 0.264. The Hall–Kier alpha value is -1.16. The summed E-state index contributed by atoms with van der Waals surface area (Å²) in [6.45, 7) is 0. The number of hydrogen-bond donors (Lipinski definition) is 0. The van der Waals surface area contributed by atoms with Crippen molar-refractivity contribution in [3.8, 4) is 5.75 Å². The molecule has 2 rings (SSSR count). The first-order valence-electron chi connectivity index (χ1n) is 7.67. The van der Waals surface area contributed by atoms with Gasteiger partial charge in [0.15, 0.2) is 0 Å². The summed E-state index contributed by atoms with van der Waals surface area (Å²) in [5, 5.41) is 0. The normalized spacial score (nSPS) is 15.7. The lowest BCUT2D eigenvalue weighted by atomic mass is 9.94.